The molecule has 68 heavy (non-hydrogen) atoms. The quantitative estimate of drug-likeness (QED) is 0.105. The van der Waals surface area contributed by atoms with Crippen molar-refractivity contribution in [3.63, 3.8) is 0 Å². The van der Waals surface area contributed by atoms with Gasteiger partial charge in [0.15, 0.2) is 0 Å². The molecule has 0 heterocycles. The van der Waals surface area contributed by atoms with Gasteiger partial charge in [0, 0.05) is 33.8 Å². The van der Waals surface area contributed by atoms with Crippen LogP contribution in [0.4, 0.5) is 34.1 Å². The van der Waals surface area contributed by atoms with E-state index in [-0.39, 0.29) is 0 Å². The minimum absolute atomic E-state index is 0.699. The number of fused-ring (bicyclic) bond motifs is 10. The van der Waals surface area contributed by atoms with E-state index in [0.717, 1.165) is 28.4 Å². The highest BCUT2D eigenvalue weighted by Crippen LogP contribution is 2.63. The predicted octanol–water partition coefficient (Wildman–Crippen LogP) is 17.3. The van der Waals surface area contributed by atoms with E-state index >= 15 is 0 Å². The van der Waals surface area contributed by atoms with Crippen LogP contribution in [0.15, 0.2) is 243 Å². The molecule has 0 aromatic heterocycles. The monoisotopic (exact) mass is 888 g/mol. The van der Waals surface area contributed by atoms with Gasteiger partial charge in [-0.1, -0.05) is 201 Å². The van der Waals surface area contributed by atoms with E-state index in [1.54, 1.807) is 0 Å². The largest absolute Gasteiger partial charge is 0.310 e. The van der Waals surface area contributed by atoms with Crippen LogP contribution < -0.4 is 15.0 Å². The number of hydrogen-bond donors (Lipinski definition) is 0. The molecular formula is C65H52N2Si. The molecule has 12 rings (SSSR count). The molecule has 3 heteroatoms. The fourth-order valence-electron chi connectivity index (χ4n) is 11.3. The van der Waals surface area contributed by atoms with E-state index in [4.69, 9.17) is 0 Å². The molecule has 0 atom stereocenters. The van der Waals surface area contributed by atoms with Crippen molar-refractivity contribution < 1.29 is 0 Å². The fourth-order valence-corrected chi connectivity index (χ4v) is 12.4. The van der Waals surface area contributed by atoms with Crippen molar-refractivity contribution in [1.29, 1.82) is 0 Å². The molecule has 0 saturated carbocycles. The summed E-state index contributed by atoms with van der Waals surface area (Å²) in [6, 6.07) is 90.6. The molecule has 0 amide bonds. The van der Waals surface area contributed by atoms with Gasteiger partial charge in [-0.25, -0.2) is 0 Å². The summed E-state index contributed by atoms with van der Waals surface area (Å²) in [6.07, 6.45) is 0. The molecule has 1 aliphatic rings. The third kappa shape index (κ3) is 6.60. The fraction of sp³-hybridized carbons (Fsp3) is 0.0769. The first-order chi connectivity index (χ1) is 33.3. The van der Waals surface area contributed by atoms with Gasteiger partial charge in [-0.3, -0.25) is 0 Å². The predicted molar refractivity (Wildman–Crippen MR) is 293 cm³/mol. The second-order valence-corrected chi connectivity index (χ2v) is 24.4. The molecule has 0 fully saturated rings. The Morgan fingerprint density at radius 1 is 0.338 bits per heavy atom. The average Bonchev–Trinajstić information content (AvgIpc) is 3.70. The molecule has 326 valence electrons. The van der Waals surface area contributed by atoms with Gasteiger partial charge in [0.2, 0.25) is 0 Å². The Bertz CT molecular complexity index is 3630. The molecule has 0 spiro atoms. The molecule has 0 radical (unpaired) electrons. The van der Waals surface area contributed by atoms with Crippen LogP contribution in [-0.2, 0) is 5.41 Å². The zero-order valence-electron chi connectivity index (χ0n) is 39.0. The van der Waals surface area contributed by atoms with Crippen molar-refractivity contribution in [2.24, 2.45) is 0 Å². The van der Waals surface area contributed by atoms with Gasteiger partial charge < -0.3 is 9.80 Å². The molecule has 11 aromatic rings. The van der Waals surface area contributed by atoms with Gasteiger partial charge in [0.05, 0.1) is 19.2 Å². The van der Waals surface area contributed by atoms with Gasteiger partial charge >= 0.3 is 0 Å². The Morgan fingerprint density at radius 2 is 0.824 bits per heavy atom. The third-order valence-electron chi connectivity index (χ3n) is 14.2. The van der Waals surface area contributed by atoms with Gasteiger partial charge in [-0.2, -0.15) is 0 Å². The Kier molecular flexibility index (Phi) is 10.0. The highest BCUT2D eigenvalue weighted by molar-refractivity contribution is 6.88. The van der Waals surface area contributed by atoms with E-state index < -0.39 is 13.5 Å². The lowest BCUT2D eigenvalue weighted by Crippen LogP contribution is -2.37. The highest BCUT2D eigenvalue weighted by Gasteiger charge is 2.49. The van der Waals surface area contributed by atoms with Crippen LogP contribution in [0.5, 0.6) is 0 Å². The van der Waals surface area contributed by atoms with Crippen molar-refractivity contribution in [2.75, 3.05) is 9.80 Å². The van der Waals surface area contributed by atoms with E-state index in [0.29, 0.717) is 0 Å². The summed E-state index contributed by atoms with van der Waals surface area (Å²) < 4.78 is 0. The molecule has 0 saturated heterocycles. The number of anilines is 6. The van der Waals surface area contributed by atoms with Crippen LogP contribution >= 0.6 is 0 Å². The lowest BCUT2D eigenvalue weighted by Gasteiger charge is -2.36. The van der Waals surface area contributed by atoms with Crippen LogP contribution in [0.2, 0.25) is 19.6 Å². The number of para-hydroxylation sites is 2. The molecule has 2 nitrogen and oxygen atoms in total. The maximum absolute atomic E-state index is 2.55. The van der Waals surface area contributed by atoms with Crippen LogP contribution in [0.3, 0.4) is 0 Å². The van der Waals surface area contributed by atoms with Crippen molar-refractivity contribution in [3.05, 3.63) is 270 Å². The maximum Gasteiger partial charge on any atom is 0.0776 e. The number of nitrogens with zero attached hydrogens (tertiary/aromatic N) is 2. The third-order valence-corrected chi connectivity index (χ3v) is 16.3. The lowest BCUT2D eigenvalue weighted by molar-refractivity contribution is 0.776. The van der Waals surface area contributed by atoms with E-state index in [2.05, 4.69) is 279 Å². The molecule has 11 aromatic carbocycles. The first-order valence-electron chi connectivity index (χ1n) is 23.8. The molecule has 0 bridgehead atoms. The van der Waals surface area contributed by atoms with Crippen molar-refractivity contribution in [2.45, 2.75) is 32.0 Å². The molecule has 0 N–H and O–H groups in total. The Labute approximate surface area is 401 Å². The second kappa shape index (κ2) is 16.4. The zero-order chi connectivity index (χ0) is 46.0. The minimum atomic E-state index is -1.62. The van der Waals surface area contributed by atoms with Gasteiger partial charge in [0.1, 0.15) is 0 Å². The standard InChI is InChI=1S/C65H52N2Si/c1-45-23-21-32-50(41-45)67(49-30-15-8-16-31-49)61-44-60-62(57-38-20-18-36-55(57)61)63-56-37-19-17-35-54(56)59-43-52(66(48-28-13-7-14-29-48)51-33-22-34-53(42-51)68(2,3)4)39-40-58(59)64(63)65(60,46-24-9-5-10-25-46)47-26-11-6-12-27-47/h5-44H,1-4H3. The number of aryl methyl sites for hydroxylation is 1. The summed E-state index contributed by atoms with van der Waals surface area (Å²) in [5.41, 5.74) is 15.0. The van der Waals surface area contributed by atoms with Gasteiger partial charge in [0.25, 0.3) is 0 Å². The van der Waals surface area contributed by atoms with Crippen LogP contribution in [-0.4, -0.2) is 8.07 Å². The first-order valence-corrected chi connectivity index (χ1v) is 27.3. The number of rotatable bonds is 9. The highest BCUT2D eigenvalue weighted by atomic mass is 28.3. The summed E-state index contributed by atoms with van der Waals surface area (Å²) in [5.74, 6) is 0. The lowest BCUT2D eigenvalue weighted by atomic mass is 9.66. The van der Waals surface area contributed by atoms with Crippen LogP contribution in [0, 0.1) is 6.92 Å². The van der Waals surface area contributed by atoms with Gasteiger partial charge in [-0.05, 0) is 140 Å². The smallest absolute Gasteiger partial charge is 0.0776 e. The van der Waals surface area contributed by atoms with Crippen molar-refractivity contribution in [1.82, 2.24) is 0 Å². The second-order valence-electron chi connectivity index (χ2n) is 19.4. The summed E-state index contributed by atoms with van der Waals surface area (Å²) in [4.78, 5) is 4.92. The topological polar surface area (TPSA) is 6.48 Å². The summed E-state index contributed by atoms with van der Waals surface area (Å²) in [7, 11) is -1.62. The van der Waals surface area contributed by atoms with Crippen molar-refractivity contribution >= 4 is 79.7 Å². The average molecular weight is 889 g/mol. The van der Waals surface area contributed by atoms with Gasteiger partial charge in [-0.15, -0.1) is 0 Å². The molecular weight excluding hydrogens is 837 g/mol. The molecule has 0 unspecified atom stereocenters. The van der Waals surface area contributed by atoms with E-state index in [1.165, 1.54) is 82.1 Å². The Morgan fingerprint density at radius 3 is 1.43 bits per heavy atom. The van der Waals surface area contributed by atoms with E-state index in [1.807, 2.05) is 0 Å². The maximum atomic E-state index is 2.55. The minimum Gasteiger partial charge on any atom is -0.310 e. The Balaban J connectivity index is 1.24. The number of hydrogen-bond acceptors (Lipinski definition) is 2. The number of benzene rings is 11. The van der Waals surface area contributed by atoms with Crippen LogP contribution in [0.25, 0.3) is 43.4 Å². The summed E-state index contributed by atoms with van der Waals surface area (Å²) in [6.45, 7) is 9.48. The zero-order valence-corrected chi connectivity index (χ0v) is 40.0. The van der Waals surface area contributed by atoms with Crippen molar-refractivity contribution in [3.8, 4) is 11.1 Å². The molecule has 1 aliphatic carbocycles. The summed E-state index contributed by atoms with van der Waals surface area (Å²) >= 11 is 0. The summed E-state index contributed by atoms with van der Waals surface area (Å²) in [5, 5.41) is 8.87. The van der Waals surface area contributed by atoms with E-state index in [9.17, 15) is 0 Å². The Hall–Kier alpha value is -7.98. The SMILES string of the molecule is Cc1cccc(N(c2ccccc2)c2cc3c(c4ccccc24)-c2c(c4ccc(N(c5ccccc5)c5cccc([Si](C)(C)C)c5)cc4c4ccccc24)C3(c2ccccc2)c2ccccc2)c1. The van der Waals surface area contributed by atoms with Crippen LogP contribution in [0.1, 0.15) is 27.8 Å². The molecule has 0 aliphatic heterocycles. The first kappa shape index (κ1) is 41.4. The normalized spacial score (nSPS) is 12.8.